The highest BCUT2D eigenvalue weighted by Gasteiger charge is 1.96. The molecule has 78 valence electrons. The third kappa shape index (κ3) is 3.98. The van der Waals surface area contributed by atoms with E-state index in [9.17, 15) is 0 Å². The molecule has 0 saturated carbocycles. The number of nitrogens with one attached hydrogen (secondary N) is 1. The first-order valence-corrected chi connectivity index (χ1v) is 5.84. The predicted molar refractivity (Wildman–Crippen MR) is 61.6 cm³/mol. The third-order valence-corrected chi connectivity index (χ3v) is 2.84. The average molecular weight is 212 g/mol. The van der Waals surface area contributed by atoms with Gasteiger partial charge in [-0.05, 0) is 24.3 Å². The Kier molecular flexibility index (Phi) is 5.40. The number of aliphatic hydroxyl groups excluding tert-OH is 1. The fourth-order valence-electron chi connectivity index (χ4n) is 1.04. The van der Waals surface area contributed by atoms with E-state index in [1.165, 1.54) is 0 Å². The molecule has 1 rings (SSSR count). The fourth-order valence-corrected chi connectivity index (χ4v) is 1.89. The highest BCUT2D eigenvalue weighted by Crippen LogP contribution is 2.12. The number of aliphatic hydroxyl groups is 1. The second-order valence-corrected chi connectivity index (χ2v) is 4.00. The number of thioether (sulfide) groups is 1. The number of hydrogen-bond acceptors (Lipinski definition) is 4. The van der Waals surface area contributed by atoms with E-state index in [0.717, 1.165) is 29.4 Å². The lowest BCUT2D eigenvalue weighted by Gasteiger charge is -2.03. The Morgan fingerprint density at radius 2 is 2.36 bits per heavy atom. The molecular weight excluding hydrogens is 196 g/mol. The van der Waals surface area contributed by atoms with Gasteiger partial charge in [0.2, 0.25) is 0 Å². The summed E-state index contributed by atoms with van der Waals surface area (Å²) in [6.07, 6.45) is 0.858. The van der Waals surface area contributed by atoms with Crippen LogP contribution in [0.4, 0.5) is 5.82 Å². The van der Waals surface area contributed by atoms with Gasteiger partial charge in [-0.15, -0.1) is 0 Å². The van der Waals surface area contributed by atoms with Crippen LogP contribution >= 0.6 is 11.8 Å². The van der Waals surface area contributed by atoms with Gasteiger partial charge in [-0.25, -0.2) is 4.98 Å². The maximum atomic E-state index is 8.61. The molecule has 0 aliphatic heterocycles. The molecule has 14 heavy (non-hydrogen) atoms. The van der Waals surface area contributed by atoms with Gasteiger partial charge in [0.1, 0.15) is 5.82 Å². The van der Waals surface area contributed by atoms with Crippen molar-refractivity contribution < 1.29 is 5.11 Å². The van der Waals surface area contributed by atoms with Crippen molar-refractivity contribution in [3.8, 4) is 0 Å². The summed E-state index contributed by atoms with van der Waals surface area (Å²) in [5.41, 5.74) is 1.08. The van der Waals surface area contributed by atoms with Crippen molar-refractivity contribution in [1.82, 2.24) is 4.98 Å². The van der Waals surface area contributed by atoms with Crippen LogP contribution in [0.1, 0.15) is 12.1 Å². The molecule has 1 aromatic rings. The molecule has 0 fully saturated rings. The maximum absolute atomic E-state index is 8.61. The molecule has 0 aliphatic carbocycles. The monoisotopic (exact) mass is 212 g/mol. The summed E-state index contributed by atoms with van der Waals surface area (Å²) in [4.78, 5) is 4.39. The summed E-state index contributed by atoms with van der Waals surface area (Å²) in [6.45, 7) is 0.275. The number of rotatable bonds is 6. The number of pyridine rings is 1. The Hall–Kier alpha value is -0.740. The van der Waals surface area contributed by atoms with Gasteiger partial charge in [-0.1, -0.05) is 6.07 Å². The van der Waals surface area contributed by atoms with Crippen LogP contribution in [0.2, 0.25) is 0 Å². The molecule has 0 atom stereocenters. The van der Waals surface area contributed by atoms with Crippen molar-refractivity contribution >= 4 is 17.6 Å². The number of anilines is 1. The zero-order chi connectivity index (χ0) is 10.2. The molecule has 0 saturated heterocycles. The zero-order valence-electron chi connectivity index (χ0n) is 8.36. The van der Waals surface area contributed by atoms with Crippen LogP contribution in [0.15, 0.2) is 18.2 Å². The first-order chi connectivity index (χ1) is 6.86. The van der Waals surface area contributed by atoms with Gasteiger partial charge in [0, 0.05) is 19.4 Å². The standard InChI is InChI=1S/C10H16N2OS/c1-11-10-5-2-4-9(12-10)8-14-7-3-6-13/h2,4-5,13H,3,6-8H2,1H3,(H,11,12). The van der Waals surface area contributed by atoms with E-state index in [4.69, 9.17) is 5.11 Å². The summed E-state index contributed by atoms with van der Waals surface area (Å²) in [5, 5.41) is 11.6. The predicted octanol–water partition coefficient (Wildman–Crippen LogP) is 1.74. The second kappa shape index (κ2) is 6.68. The SMILES string of the molecule is CNc1cccc(CSCCCO)n1. The van der Waals surface area contributed by atoms with Gasteiger partial charge in [0.15, 0.2) is 0 Å². The van der Waals surface area contributed by atoms with Crippen LogP contribution in [0, 0.1) is 0 Å². The van der Waals surface area contributed by atoms with Crippen LogP contribution in [-0.2, 0) is 5.75 Å². The van der Waals surface area contributed by atoms with Crippen molar-refractivity contribution in [1.29, 1.82) is 0 Å². The molecular formula is C10H16N2OS. The highest BCUT2D eigenvalue weighted by atomic mass is 32.2. The summed E-state index contributed by atoms with van der Waals surface area (Å²) >= 11 is 1.80. The maximum Gasteiger partial charge on any atom is 0.125 e. The van der Waals surface area contributed by atoms with Gasteiger partial charge < -0.3 is 10.4 Å². The number of nitrogens with zero attached hydrogens (tertiary/aromatic N) is 1. The fraction of sp³-hybridized carbons (Fsp3) is 0.500. The molecule has 1 aromatic heterocycles. The molecule has 0 amide bonds. The van der Waals surface area contributed by atoms with E-state index in [1.807, 2.05) is 25.2 Å². The second-order valence-electron chi connectivity index (χ2n) is 2.89. The van der Waals surface area contributed by atoms with Crippen LogP contribution < -0.4 is 5.32 Å². The first kappa shape index (κ1) is 11.3. The smallest absolute Gasteiger partial charge is 0.125 e. The molecule has 2 N–H and O–H groups in total. The van der Waals surface area contributed by atoms with Crippen LogP contribution in [-0.4, -0.2) is 29.5 Å². The summed E-state index contributed by atoms with van der Waals surface area (Å²) in [5.74, 6) is 2.81. The van der Waals surface area contributed by atoms with Gasteiger partial charge in [-0.3, -0.25) is 0 Å². The quantitative estimate of drug-likeness (QED) is 0.705. The lowest BCUT2D eigenvalue weighted by Crippen LogP contribution is -1.95. The summed E-state index contributed by atoms with van der Waals surface area (Å²) in [6, 6.07) is 5.97. The Labute approximate surface area is 88.9 Å². The minimum atomic E-state index is 0.275. The van der Waals surface area contributed by atoms with Crippen LogP contribution in [0.25, 0.3) is 0 Å². The van der Waals surface area contributed by atoms with Crippen molar-refractivity contribution in [2.24, 2.45) is 0 Å². The van der Waals surface area contributed by atoms with E-state index in [2.05, 4.69) is 10.3 Å². The zero-order valence-corrected chi connectivity index (χ0v) is 9.18. The molecule has 1 heterocycles. The average Bonchev–Trinajstić information content (AvgIpc) is 2.25. The van der Waals surface area contributed by atoms with Crippen molar-refractivity contribution in [3.05, 3.63) is 23.9 Å². The topological polar surface area (TPSA) is 45.1 Å². The van der Waals surface area contributed by atoms with Gasteiger partial charge in [0.25, 0.3) is 0 Å². The summed E-state index contributed by atoms with van der Waals surface area (Å²) < 4.78 is 0. The molecule has 0 radical (unpaired) electrons. The van der Waals surface area contributed by atoms with Crippen molar-refractivity contribution in [2.75, 3.05) is 24.7 Å². The van der Waals surface area contributed by atoms with Crippen molar-refractivity contribution in [3.63, 3.8) is 0 Å². The normalized spacial score (nSPS) is 10.1. The molecule has 0 aromatic carbocycles. The number of hydrogen-bond donors (Lipinski definition) is 2. The summed E-state index contributed by atoms with van der Waals surface area (Å²) in [7, 11) is 1.87. The minimum Gasteiger partial charge on any atom is -0.396 e. The van der Waals surface area contributed by atoms with Crippen LogP contribution in [0.3, 0.4) is 0 Å². The third-order valence-electron chi connectivity index (χ3n) is 1.76. The minimum absolute atomic E-state index is 0.275. The van der Waals surface area contributed by atoms with Gasteiger partial charge in [0.05, 0.1) is 5.69 Å². The lowest BCUT2D eigenvalue weighted by molar-refractivity contribution is 0.296. The van der Waals surface area contributed by atoms with E-state index in [0.29, 0.717) is 0 Å². The Bertz CT molecular complexity index is 268. The van der Waals surface area contributed by atoms with E-state index in [1.54, 1.807) is 11.8 Å². The van der Waals surface area contributed by atoms with Crippen molar-refractivity contribution in [2.45, 2.75) is 12.2 Å². The highest BCUT2D eigenvalue weighted by molar-refractivity contribution is 7.98. The molecule has 0 unspecified atom stereocenters. The molecule has 0 spiro atoms. The molecule has 0 aliphatic rings. The van der Waals surface area contributed by atoms with E-state index in [-0.39, 0.29) is 6.61 Å². The van der Waals surface area contributed by atoms with Gasteiger partial charge in [-0.2, -0.15) is 11.8 Å². The molecule has 3 nitrogen and oxygen atoms in total. The van der Waals surface area contributed by atoms with Crippen LogP contribution in [0.5, 0.6) is 0 Å². The van der Waals surface area contributed by atoms with E-state index >= 15 is 0 Å². The molecule has 0 bridgehead atoms. The lowest BCUT2D eigenvalue weighted by atomic mass is 10.4. The van der Waals surface area contributed by atoms with Gasteiger partial charge >= 0.3 is 0 Å². The largest absolute Gasteiger partial charge is 0.396 e. The Morgan fingerprint density at radius 1 is 1.50 bits per heavy atom. The van der Waals surface area contributed by atoms with E-state index < -0.39 is 0 Å². The Morgan fingerprint density at radius 3 is 3.07 bits per heavy atom. The first-order valence-electron chi connectivity index (χ1n) is 4.69. The Balaban J connectivity index is 2.34. The molecule has 4 heteroatoms. The number of aromatic nitrogens is 1.